The molecule has 2 N–H and O–H groups in total. The summed E-state index contributed by atoms with van der Waals surface area (Å²) in [6.07, 6.45) is 8.04. The molecule has 1 amide bonds. The Labute approximate surface area is 218 Å². The monoisotopic (exact) mass is 541 g/mol. The van der Waals surface area contributed by atoms with Gasteiger partial charge in [0.05, 0.1) is 30.7 Å². The van der Waals surface area contributed by atoms with Crippen LogP contribution in [0, 0.1) is 5.92 Å². The highest BCUT2D eigenvalue weighted by molar-refractivity contribution is 7.89. The average molecular weight is 542 g/mol. The summed E-state index contributed by atoms with van der Waals surface area (Å²) in [7, 11) is -2.22. The maximum atomic E-state index is 13.5. The molecule has 1 unspecified atom stereocenters. The van der Waals surface area contributed by atoms with E-state index < -0.39 is 15.9 Å². The number of thiazole rings is 1. The summed E-state index contributed by atoms with van der Waals surface area (Å²) in [6.45, 7) is -0.0489. The summed E-state index contributed by atoms with van der Waals surface area (Å²) in [6, 6.07) is 10.0. The lowest BCUT2D eigenvalue weighted by atomic mass is 9.87. The number of ether oxygens (including phenoxy) is 1. The summed E-state index contributed by atoms with van der Waals surface area (Å²) in [5.41, 5.74) is 1.44. The molecule has 1 atom stereocenters. The Balaban J connectivity index is 1.34. The lowest BCUT2D eigenvalue weighted by Gasteiger charge is -2.20. The molecule has 0 spiro atoms. The number of nitrogens with one attached hydrogen (secondary N) is 2. The number of carbonyl (C=O) groups excluding carboxylic acids is 1. The summed E-state index contributed by atoms with van der Waals surface area (Å²) in [5, 5.41) is 3.43. The molecule has 1 aromatic carbocycles. The number of pyridine rings is 1. The maximum absolute atomic E-state index is 13.5. The molecular weight excluding hydrogens is 514 g/mol. The fourth-order valence-corrected chi connectivity index (χ4v) is 6.40. The van der Waals surface area contributed by atoms with E-state index in [0.29, 0.717) is 33.7 Å². The minimum absolute atomic E-state index is 0.0489. The van der Waals surface area contributed by atoms with Gasteiger partial charge in [-0.15, -0.1) is 0 Å². The Hall–Kier alpha value is -3.35. The zero-order valence-electron chi connectivity index (χ0n) is 20.2. The van der Waals surface area contributed by atoms with Crippen molar-refractivity contribution in [3.63, 3.8) is 0 Å². The van der Waals surface area contributed by atoms with Crippen LogP contribution >= 0.6 is 11.3 Å². The maximum Gasteiger partial charge on any atom is 0.241 e. The third-order valence-corrected chi connectivity index (χ3v) is 8.82. The number of rotatable bonds is 10. The molecule has 4 aromatic rings. The molecule has 0 radical (unpaired) electrons. The van der Waals surface area contributed by atoms with Gasteiger partial charge in [0.2, 0.25) is 27.7 Å². The molecule has 3 aromatic heterocycles. The van der Waals surface area contributed by atoms with Crippen LogP contribution in [-0.4, -0.2) is 36.4 Å². The van der Waals surface area contributed by atoms with Crippen molar-refractivity contribution in [2.75, 3.05) is 12.4 Å². The lowest BCUT2D eigenvalue weighted by molar-refractivity contribution is -0.118. The molecular formula is C25H27N5O5S2. The first-order valence-corrected chi connectivity index (χ1v) is 14.3. The zero-order chi connectivity index (χ0) is 25.8. The van der Waals surface area contributed by atoms with Gasteiger partial charge in [0.1, 0.15) is 16.6 Å². The van der Waals surface area contributed by atoms with Gasteiger partial charge in [-0.25, -0.2) is 28.1 Å². The number of oxazole rings is 1. The van der Waals surface area contributed by atoms with Crippen LogP contribution in [0.4, 0.5) is 5.13 Å². The SMILES string of the molecule is COc1ccc2nc(NC(=O)C(CC3CCCC3)c3ccc(S(=O)(=O)NCc4ncco4)cc3)sc2n1. The Morgan fingerprint density at radius 2 is 1.95 bits per heavy atom. The Bertz CT molecular complexity index is 1460. The van der Waals surface area contributed by atoms with Gasteiger partial charge in [0.15, 0.2) is 5.13 Å². The second-order valence-corrected chi connectivity index (χ2v) is 11.7. The first-order valence-electron chi connectivity index (χ1n) is 12.0. The Morgan fingerprint density at radius 3 is 2.65 bits per heavy atom. The molecule has 1 fully saturated rings. The molecule has 194 valence electrons. The largest absolute Gasteiger partial charge is 0.481 e. The van der Waals surface area contributed by atoms with Crippen LogP contribution in [0.5, 0.6) is 5.88 Å². The van der Waals surface area contributed by atoms with Crippen LogP contribution in [0.2, 0.25) is 0 Å². The van der Waals surface area contributed by atoms with E-state index in [1.165, 1.54) is 35.9 Å². The van der Waals surface area contributed by atoms with Gasteiger partial charge >= 0.3 is 0 Å². The van der Waals surface area contributed by atoms with Crippen LogP contribution in [0.1, 0.15) is 49.5 Å². The number of fused-ring (bicyclic) bond motifs is 1. The van der Waals surface area contributed by atoms with Gasteiger partial charge in [-0.1, -0.05) is 49.2 Å². The van der Waals surface area contributed by atoms with Crippen LogP contribution in [0.3, 0.4) is 0 Å². The van der Waals surface area contributed by atoms with Gasteiger partial charge < -0.3 is 14.5 Å². The number of anilines is 1. The molecule has 0 aliphatic heterocycles. The number of aromatic nitrogens is 3. The van der Waals surface area contributed by atoms with Gasteiger partial charge in [-0.2, -0.15) is 0 Å². The van der Waals surface area contributed by atoms with Crippen LogP contribution in [0.25, 0.3) is 10.3 Å². The van der Waals surface area contributed by atoms with E-state index in [2.05, 4.69) is 25.0 Å². The van der Waals surface area contributed by atoms with Gasteiger partial charge in [0.25, 0.3) is 0 Å². The molecule has 12 heteroatoms. The summed E-state index contributed by atoms with van der Waals surface area (Å²) in [4.78, 5) is 27.1. The summed E-state index contributed by atoms with van der Waals surface area (Å²) >= 11 is 1.29. The predicted octanol–water partition coefficient (Wildman–Crippen LogP) is 4.47. The van der Waals surface area contributed by atoms with Gasteiger partial charge in [0, 0.05) is 6.07 Å². The van der Waals surface area contributed by atoms with Gasteiger partial charge in [-0.3, -0.25) is 4.79 Å². The number of methoxy groups -OCH3 is 1. The van der Waals surface area contributed by atoms with E-state index in [-0.39, 0.29) is 23.2 Å². The topological polar surface area (TPSA) is 136 Å². The Morgan fingerprint density at radius 1 is 1.16 bits per heavy atom. The number of amides is 1. The molecule has 1 aliphatic carbocycles. The van der Waals surface area contributed by atoms with E-state index in [0.717, 1.165) is 31.2 Å². The summed E-state index contributed by atoms with van der Waals surface area (Å²) < 4.78 is 38.2. The fourth-order valence-electron chi connectivity index (χ4n) is 4.59. The van der Waals surface area contributed by atoms with Crippen molar-refractivity contribution in [3.05, 3.63) is 60.3 Å². The lowest BCUT2D eigenvalue weighted by Crippen LogP contribution is -2.24. The second-order valence-electron chi connectivity index (χ2n) is 8.94. The average Bonchev–Trinajstić information content (AvgIpc) is 3.68. The number of hydrogen-bond acceptors (Lipinski definition) is 9. The van der Waals surface area contributed by atoms with Crippen LogP contribution in [0.15, 0.2) is 58.2 Å². The van der Waals surface area contributed by atoms with Crippen molar-refractivity contribution >= 4 is 42.7 Å². The standard InChI is InChI=1S/C25H27N5O5S2/c1-34-21-11-10-20-24(29-21)36-25(28-20)30-23(31)19(14-16-4-2-3-5-16)17-6-8-18(9-7-17)37(32,33)27-15-22-26-12-13-35-22/h6-13,16,19,27H,2-5,14-15H2,1H3,(H,28,30,31). The minimum atomic E-state index is -3.77. The first-order chi connectivity index (χ1) is 17.9. The number of benzene rings is 1. The molecule has 1 saturated carbocycles. The van der Waals surface area contributed by atoms with Crippen molar-refractivity contribution in [1.29, 1.82) is 0 Å². The number of sulfonamides is 1. The third-order valence-electron chi connectivity index (χ3n) is 6.52. The molecule has 10 nitrogen and oxygen atoms in total. The highest BCUT2D eigenvalue weighted by atomic mass is 32.2. The van der Waals surface area contributed by atoms with E-state index in [1.54, 1.807) is 31.4 Å². The summed E-state index contributed by atoms with van der Waals surface area (Å²) in [5.74, 6) is 0.600. The number of hydrogen-bond donors (Lipinski definition) is 2. The highest BCUT2D eigenvalue weighted by Crippen LogP contribution is 2.36. The van der Waals surface area contributed by atoms with Crippen molar-refractivity contribution < 1.29 is 22.4 Å². The van der Waals surface area contributed by atoms with Crippen LogP contribution in [-0.2, 0) is 21.4 Å². The molecule has 0 saturated heterocycles. The van der Waals surface area contributed by atoms with Crippen molar-refractivity contribution in [2.45, 2.75) is 49.5 Å². The molecule has 3 heterocycles. The zero-order valence-corrected chi connectivity index (χ0v) is 21.8. The molecule has 0 bridgehead atoms. The van der Waals surface area contributed by atoms with Crippen molar-refractivity contribution in [2.24, 2.45) is 5.92 Å². The molecule has 1 aliphatic rings. The number of nitrogens with zero attached hydrogens (tertiary/aromatic N) is 3. The highest BCUT2D eigenvalue weighted by Gasteiger charge is 2.28. The second kappa shape index (κ2) is 11.0. The van der Waals surface area contributed by atoms with Crippen LogP contribution < -0.4 is 14.8 Å². The van der Waals surface area contributed by atoms with Gasteiger partial charge in [-0.05, 0) is 36.1 Å². The number of carbonyl (C=O) groups is 1. The normalized spacial score (nSPS) is 15.2. The molecule has 5 rings (SSSR count). The first kappa shape index (κ1) is 25.3. The van der Waals surface area contributed by atoms with E-state index in [1.807, 2.05) is 0 Å². The van der Waals surface area contributed by atoms with Crippen molar-refractivity contribution in [3.8, 4) is 5.88 Å². The third kappa shape index (κ3) is 5.97. The Kier molecular flexibility index (Phi) is 7.49. The van der Waals surface area contributed by atoms with E-state index in [4.69, 9.17) is 9.15 Å². The quantitative estimate of drug-likeness (QED) is 0.300. The minimum Gasteiger partial charge on any atom is -0.481 e. The fraction of sp³-hybridized carbons (Fsp3) is 0.360. The van der Waals surface area contributed by atoms with Crippen molar-refractivity contribution in [1.82, 2.24) is 19.7 Å². The van der Waals surface area contributed by atoms with E-state index >= 15 is 0 Å². The smallest absolute Gasteiger partial charge is 0.241 e. The predicted molar refractivity (Wildman–Crippen MR) is 139 cm³/mol. The molecule has 37 heavy (non-hydrogen) atoms. The van der Waals surface area contributed by atoms with E-state index in [9.17, 15) is 13.2 Å².